The minimum atomic E-state index is -0.416. The highest BCUT2D eigenvalue weighted by molar-refractivity contribution is 5.73. The molecule has 1 aliphatic rings. The third kappa shape index (κ3) is 4.54. The molecule has 28 heavy (non-hydrogen) atoms. The first-order valence-corrected chi connectivity index (χ1v) is 9.56. The summed E-state index contributed by atoms with van der Waals surface area (Å²) >= 11 is 0. The molecule has 7 heteroatoms. The predicted molar refractivity (Wildman–Crippen MR) is 104 cm³/mol. The molecule has 1 saturated carbocycles. The van der Waals surface area contributed by atoms with Crippen molar-refractivity contribution in [2.75, 3.05) is 6.54 Å². The van der Waals surface area contributed by atoms with Crippen molar-refractivity contribution in [2.24, 2.45) is 5.92 Å². The van der Waals surface area contributed by atoms with Crippen molar-refractivity contribution in [2.45, 2.75) is 32.1 Å². The van der Waals surface area contributed by atoms with Crippen LogP contribution in [-0.4, -0.2) is 27.8 Å². The Hall–Kier alpha value is -3.22. The fraction of sp³-hybridized carbons (Fsp3) is 0.333. The molecule has 4 rings (SSSR count). The fourth-order valence-electron chi connectivity index (χ4n) is 3.52. The van der Waals surface area contributed by atoms with Crippen LogP contribution in [0, 0.1) is 5.92 Å². The van der Waals surface area contributed by atoms with Crippen LogP contribution >= 0.6 is 0 Å². The van der Waals surface area contributed by atoms with Gasteiger partial charge in [-0.05, 0) is 42.5 Å². The van der Waals surface area contributed by atoms with Crippen molar-refractivity contribution >= 4 is 6.09 Å². The van der Waals surface area contributed by atoms with Gasteiger partial charge in [0.15, 0.2) is 6.33 Å². The van der Waals surface area contributed by atoms with E-state index < -0.39 is 6.09 Å². The van der Waals surface area contributed by atoms with Crippen molar-refractivity contribution in [3.05, 3.63) is 49.1 Å². The monoisotopic (exact) mass is 378 g/mol. The first-order valence-electron chi connectivity index (χ1n) is 9.56. The van der Waals surface area contributed by atoms with Crippen molar-refractivity contribution in [1.82, 2.24) is 20.4 Å². The second kappa shape index (κ2) is 8.65. The first-order chi connectivity index (χ1) is 13.8. The number of nitrogens with one attached hydrogen (secondary N) is 1. The quantitative estimate of drug-likeness (QED) is 0.704. The van der Waals surface area contributed by atoms with Crippen LogP contribution in [0.5, 0.6) is 5.75 Å². The molecule has 0 unspecified atom stereocenters. The van der Waals surface area contributed by atoms with Gasteiger partial charge in [-0.3, -0.25) is 4.98 Å². The third-order valence-electron chi connectivity index (χ3n) is 4.98. The fourth-order valence-corrected chi connectivity index (χ4v) is 3.52. The predicted octanol–water partition coefficient (Wildman–Crippen LogP) is 4.47. The Kier molecular flexibility index (Phi) is 5.61. The Morgan fingerprint density at radius 2 is 1.96 bits per heavy atom. The Morgan fingerprint density at radius 1 is 1.11 bits per heavy atom. The normalized spacial score (nSPS) is 14.6. The summed E-state index contributed by atoms with van der Waals surface area (Å²) in [6, 6.07) is 9.26. The molecule has 0 saturated heterocycles. The average molecular weight is 378 g/mol. The van der Waals surface area contributed by atoms with Crippen molar-refractivity contribution in [3.63, 3.8) is 0 Å². The zero-order chi connectivity index (χ0) is 19.2. The van der Waals surface area contributed by atoms with Crippen LogP contribution in [0.25, 0.3) is 22.6 Å². The average Bonchev–Trinajstić information content (AvgIpc) is 3.28. The van der Waals surface area contributed by atoms with E-state index in [1.54, 1.807) is 18.5 Å². The van der Waals surface area contributed by atoms with Crippen LogP contribution in [0.1, 0.15) is 32.1 Å². The lowest BCUT2D eigenvalue weighted by Gasteiger charge is -2.21. The highest BCUT2D eigenvalue weighted by Gasteiger charge is 2.15. The molecule has 1 N–H and O–H groups in total. The van der Waals surface area contributed by atoms with Gasteiger partial charge in [0.25, 0.3) is 5.89 Å². The molecule has 1 amide bonds. The highest BCUT2D eigenvalue weighted by Crippen LogP contribution is 2.27. The van der Waals surface area contributed by atoms with Crippen molar-refractivity contribution in [3.8, 4) is 28.3 Å². The lowest BCUT2D eigenvalue weighted by Crippen LogP contribution is -2.32. The second-order valence-electron chi connectivity index (χ2n) is 7.01. The molecular formula is C21H22N4O3. The number of aromatic nitrogens is 3. The summed E-state index contributed by atoms with van der Waals surface area (Å²) in [4.78, 5) is 20.4. The SMILES string of the molecule is O=C(NCC1CCCCC1)Oc1cccc(-c2cncc(-c3ncno3)c2)c1. The number of ether oxygens (including phenoxy) is 1. The van der Waals surface area contributed by atoms with Crippen LogP contribution < -0.4 is 10.1 Å². The summed E-state index contributed by atoms with van der Waals surface area (Å²) < 4.78 is 10.5. The zero-order valence-corrected chi connectivity index (χ0v) is 15.5. The lowest BCUT2D eigenvalue weighted by molar-refractivity contribution is 0.196. The zero-order valence-electron chi connectivity index (χ0n) is 15.5. The van der Waals surface area contributed by atoms with Crippen LogP contribution in [0.15, 0.2) is 53.6 Å². The van der Waals surface area contributed by atoms with E-state index in [4.69, 9.17) is 9.26 Å². The summed E-state index contributed by atoms with van der Waals surface area (Å²) in [7, 11) is 0. The van der Waals surface area contributed by atoms with E-state index in [-0.39, 0.29) is 0 Å². The molecule has 0 bridgehead atoms. The molecule has 0 spiro atoms. The van der Waals surface area contributed by atoms with Gasteiger partial charge in [-0.25, -0.2) is 4.79 Å². The van der Waals surface area contributed by atoms with Crippen LogP contribution in [0.3, 0.4) is 0 Å². The molecule has 3 aromatic rings. The maximum atomic E-state index is 12.1. The maximum Gasteiger partial charge on any atom is 0.412 e. The maximum absolute atomic E-state index is 12.1. The third-order valence-corrected chi connectivity index (χ3v) is 4.98. The molecule has 7 nitrogen and oxygen atoms in total. The van der Waals surface area contributed by atoms with Crippen molar-refractivity contribution < 1.29 is 14.1 Å². The van der Waals surface area contributed by atoms with E-state index in [2.05, 4.69) is 20.4 Å². The molecule has 2 heterocycles. The van der Waals surface area contributed by atoms with Gasteiger partial charge >= 0.3 is 6.09 Å². The standard InChI is InChI=1S/C21H22N4O3/c26-21(23-11-15-5-2-1-3-6-15)27-19-8-4-7-16(10-19)17-9-18(13-22-12-17)20-24-14-25-28-20/h4,7-10,12-15H,1-3,5-6,11H2,(H,23,26). The molecule has 1 fully saturated rings. The molecule has 0 atom stereocenters. The van der Waals surface area contributed by atoms with Gasteiger partial charge in [0.05, 0.1) is 5.56 Å². The second-order valence-corrected chi connectivity index (χ2v) is 7.01. The van der Waals surface area contributed by atoms with Crippen LogP contribution in [0.2, 0.25) is 0 Å². The number of hydrogen-bond acceptors (Lipinski definition) is 6. The molecule has 0 radical (unpaired) electrons. The van der Waals surface area contributed by atoms with Gasteiger partial charge in [-0.2, -0.15) is 4.98 Å². The Labute approximate surface area is 163 Å². The molecular weight excluding hydrogens is 356 g/mol. The summed E-state index contributed by atoms with van der Waals surface area (Å²) in [5, 5.41) is 6.51. The minimum absolute atomic E-state index is 0.406. The van der Waals surface area contributed by atoms with E-state index in [0.29, 0.717) is 24.1 Å². The summed E-state index contributed by atoms with van der Waals surface area (Å²) in [6.07, 6.45) is 10.5. The number of carbonyl (C=O) groups excluding carboxylic acids is 1. The van der Waals surface area contributed by atoms with Gasteiger partial charge < -0.3 is 14.6 Å². The first kappa shape index (κ1) is 18.2. The van der Waals surface area contributed by atoms with Crippen molar-refractivity contribution in [1.29, 1.82) is 0 Å². The van der Waals surface area contributed by atoms with Crippen LogP contribution in [0.4, 0.5) is 4.79 Å². The van der Waals surface area contributed by atoms with E-state index >= 15 is 0 Å². The van der Waals surface area contributed by atoms with E-state index in [9.17, 15) is 4.79 Å². The number of pyridine rings is 1. The number of nitrogens with zero attached hydrogens (tertiary/aromatic N) is 3. The van der Waals surface area contributed by atoms with Gasteiger partial charge in [0, 0.05) is 24.5 Å². The molecule has 1 aliphatic carbocycles. The Bertz CT molecular complexity index is 921. The Balaban J connectivity index is 1.41. The van der Waals surface area contributed by atoms with Gasteiger partial charge in [0.2, 0.25) is 0 Å². The van der Waals surface area contributed by atoms with Gasteiger partial charge in [0.1, 0.15) is 5.75 Å². The highest BCUT2D eigenvalue weighted by atomic mass is 16.6. The Morgan fingerprint density at radius 3 is 2.79 bits per heavy atom. The molecule has 2 aromatic heterocycles. The molecule has 1 aromatic carbocycles. The van der Waals surface area contributed by atoms with Gasteiger partial charge in [-0.1, -0.05) is 36.6 Å². The smallest absolute Gasteiger partial charge is 0.410 e. The summed E-state index contributed by atoms with van der Waals surface area (Å²) in [5.41, 5.74) is 2.47. The number of amides is 1. The van der Waals surface area contributed by atoms with Crippen LogP contribution in [-0.2, 0) is 0 Å². The van der Waals surface area contributed by atoms with E-state index in [1.807, 2.05) is 24.3 Å². The number of carbonyl (C=O) groups is 1. The minimum Gasteiger partial charge on any atom is -0.410 e. The number of rotatable bonds is 5. The number of hydrogen-bond donors (Lipinski definition) is 1. The van der Waals surface area contributed by atoms with E-state index in [1.165, 1.54) is 38.4 Å². The topological polar surface area (TPSA) is 90.1 Å². The van der Waals surface area contributed by atoms with E-state index in [0.717, 1.165) is 16.7 Å². The largest absolute Gasteiger partial charge is 0.412 e. The molecule has 0 aliphatic heterocycles. The lowest BCUT2D eigenvalue weighted by atomic mass is 9.89. The summed E-state index contributed by atoms with van der Waals surface area (Å²) in [5.74, 6) is 1.46. The van der Waals surface area contributed by atoms with Gasteiger partial charge in [-0.15, -0.1) is 0 Å². The molecule has 144 valence electrons. The summed E-state index contributed by atoms with van der Waals surface area (Å²) in [6.45, 7) is 0.675. The number of benzene rings is 1.